The molecule has 8 aromatic rings. The van der Waals surface area contributed by atoms with Gasteiger partial charge in [0.25, 0.3) is 0 Å². The van der Waals surface area contributed by atoms with Crippen molar-refractivity contribution in [3.05, 3.63) is 160 Å². The first-order chi connectivity index (χ1) is 32.0. The van der Waals surface area contributed by atoms with E-state index in [-0.39, 0.29) is 34.0 Å². The smallest absolute Gasteiger partial charge is 0.333 e. The first-order valence-corrected chi connectivity index (χ1v) is 25.4. The molecule has 0 bridgehead atoms. The molecule has 0 radical (unpaired) electrons. The zero-order chi connectivity index (χ0) is 45.9. The number of hydrogen-bond donors (Lipinski definition) is 0. The van der Waals surface area contributed by atoms with Gasteiger partial charge in [0.1, 0.15) is 0 Å². The SMILES string of the molecule is Cc1ccc(N2B3c4cc(C)ccc4-n4c5ccccc5c5c(N6c7ccccc7C7(C)CCCCC67C)cc(c3c54)-c3cc4c(cc32)-c2cc3c(cc2C4(C)C)C(C)(C)CCC3(C)C)cc1. The molecule has 0 amide bonds. The van der Waals surface area contributed by atoms with E-state index in [1.807, 2.05) is 0 Å². The van der Waals surface area contributed by atoms with Crippen LogP contribution in [0, 0.1) is 13.8 Å². The Morgan fingerprint density at radius 3 is 1.93 bits per heavy atom. The number of rotatable bonds is 2. The Kier molecular flexibility index (Phi) is 7.63. The molecule has 3 nitrogen and oxygen atoms in total. The number of benzene rings is 7. The largest absolute Gasteiger partial charge is 0.376 e. The van der Waals surface area contributed by atoms with Gasteiger partial charge in [-0.25, -0.2) is 0 Å². The quantitative estimate of drug-likeness (QED) is 0.160. The van der Waals surface area contributed by atoms with Crippen molar-refractivity contribution in [2.45, 2.75) is 135 Å². The van der Waals surface area contributed by atoms with Gasteiger partial charge in [-0.15, -0.1) is 0 Å². The fourth-order valence-corrected chi connectivity index (χ4v) is 15.1. The van der Waals surface area contributed by atoms with Crippen LogP contribution < -0.4 is 20.6 Å². The van der Waals surface area contributed by atoms with E-state index in [4.69, 9.17) is 0 Å². The minimum Gasteiger partial charge on any atom is -0.376 e. The van der Waals surface area contributed by atoms with Crippen molar-refractivity contribution in [2.75, 3.05) is 9.71 Å². The second-order valence-corrected chi connectivity index (χ2v) is 24.0. The third-order valence-corrected chi connectivity index (χ3v) is 19.1. The molecule has 14 rings (SSSR count). The molecule has 0 saturated heterocycles. The lowest BCUT2D eigenvalue weighted by atomic mass is 9.43. The summed E-state index contributed by atoms with van der Waals surface area (Å²) in [4.78, 5) is 5.61. The van der Waals surface area contributed by atoms with Crippen LogP contribution in [0.4, 0.5) is 22.7 Å². The highest BCUT2D eigenvalue weighted by molar-refractivity contribution is 6.93. The number of anilines is 4. The number of fused-ring (bicyclic) bond motifs is 15. The van der Waals surface area contributed by atoms with E-state index in [9.17, 15) is 0 Å². The summed E-state index contributed by atoms with van der Waals surface area (Å²) in [5, 5.41) is 2.72. The van der Waals surface area contributed by atoms with Gasteiger partial charge in [0, 0.05) is 49.9 Å². The van der Waals surface area contributed by atoms with Gasteiger partial charge in [-0.1, -0.05) is 139 Å². The van der Waals surface area contributed by atoms with Gasteiger partial charge in [-0.05, 0) is 167 Å². The average Bonchev–Trinajstić information content (AvgIpc) is 3.85. The normalized spacial score (nSPS) is 22.8. The van der Waals surface area contributed by atoms with Crippen molar-refractivity contribution in [1.29, 1.82) is 0 Å². The number of aromatic nitrogens is 1. The summed E-state index contributed by atoms with van der Waals surface area (Å²) < 4.78 is 2.67. The molecule has 2 unspecified atom stereocenters. The Bertz CT molecular complexity index is 3530. The predicted octanol–water partition coefficient (Wildman–Crippen LogP) is 15.0. The highest BCUT2D eigenvalue weighted by atomic mass is 15.3. The fourth-order valence-electron chi connectivity index (χ4n) is 15.1. The molecule has 4 heterocycles. The number of para-hydroxylation sites is 2. The van der Waals surface area contributed by atoms with Crippen molar-refractivity contribution in [3.63, 3.8) is 0 Å². The standard InChI is InChI=1S/C63H62BN3/c1-37-21-24-39(25-22-37)67-54-34-42-41-32-48-49(60(5,6)30-29-59(48,3)4)36-47(41)61(7,8)46(42)33-43(54)44-35-55(66-52-20-14-12-18-45(52)62(9)27-15-16-28-63(62,66)10)56-40-17-11-13-19-51(40)65-53-26-23-38(2)31-50(53)64(67)57(44)58(56)65/h11-14,17-26,31-36H,15-16,27-30H2,1-10H3. The summed E-state index contributed by atoms with van der Waals surface area (Å²) in [6.45, 7) is 24.6. The van der Waals surface area contributed by atoms with Gasteiger partial charge in [-0.2, -0.15) is 0 Å². The van der Waals surface area contributed by atoms with Crippen LogP contribution in [0.25, 0.3) is 49.7 Å². The van der Waals surface area contributed by atoms with E-state index in [0.717, 1.165) is 6.42 Å². The van der Waals surface area contributed by atoms with Gasteiger partial charge >= 0.3 is 6.85 Å². The molecule has 67 heavy (non-hydrogen) atoms. The highest BCUT2D eigenvalue weighted by Gasteiger charge is 2.58. The Labute approximate surface area is 397 Å². The van der Waals surface area contributed by atoms with Gasteiger partial charge < -0.3 is 14.3 Å². The molecule has 1 fully saturated rings. The molecular formula is C63H62BN3. The number of hydrogen-bond acceptors (Lipinski definition) is 2. The molecule has 3 aliphatic heterocycles. The maximum atomic E-state index is 2.86. The minimum absolute atomic E-state index is 0.0330. The molecular weight excluding hydrogens is 810 g/mol. The van der Waals surface area contributed by atoms with E-state index in [0.29, 0.717) is 0 Å². The van der Waals surface area contributed by atoms with E-state index in [1.165, 1.54) is 149 Å². The maximum absolute atomic E-state index is 2.86. The van der Waals surface area contributed by atoms with Crippen molar-refractivity contribution in [2.24, 2.45) is 0 Å². The Morgan fingerprint density at radius 2 is 1.13 bits per heavy atom. The maximum Gasteiger partial charge on any atom is 0.333 e. The van der Waals surface area contributed by atoms with Crippen LogP contribution in [0.15, 0.2) is 121 Å². The Balaban J connectivity index is 1.15. The Morgan fingerprint density at radius 1 is 0.493 bits per heavy atom. The molecule has 7 aromatic carbocycles. The van der Waals surface area contributed by atoms with Gasteiger partial charge in [0.2, 0.25) is 0 Å². The van der Waals surface area contributed by atoms with Gasteiger partial charge in [-0.3, -0.25) is 0 Å². The monoisotopic (exact) mass is 872 g/mol. The lowest BCUT2D eigenvalue weighted by Crippen LogP contribution is -2.61. The predicted molar refractivity (Wildman–Crippen MR) is 285 cm³/mol. The van der Waals surface area contributed by atoms with E-state index in [1.54, 1.807) is 5.56 Å². The molecule has 0 N–H and O–H groups in total. The first-order valence-electron chi connectivity index (χ1n) is 25.4. The summed E-state index contributed by atoms with van der Waals surface area (Å²) in [6.07, 6.45) is 7.30. The van der Waals surface area contributed by atoms with Crippen LogP contribution in [0.1, 0.15) is 133 Å². The van der Waals surface area contributed by atoms with Crippen molar-refractivity contribution in [3.8, 4) is 27.9 Å². The molecule has 0 spiro atoms. The van der Waals surface area contributed by atoms with Gasteiger partial charge in [0.05, 0.1) is 22.3 Å². The second-order valence-electron chi connectivity index (χ2n) is 24.0. The lowest BCUT2D eigenvalue weighted by molar-refractivity contribution is 0.195. The van der Waals surface area contributed by atoms with Crippen LogP contribution in [0.3, 0.4) is 0 Å². The molecule has 1 aromatic heterocycles. The lowest BCUT2D eigenvalue weighted by Gasteiger charge is -2.51. The highest BCUT2D eigenvalue weighted by Crippen LogP contribution is 2.63. The third-order valence-electron chi connectivity index (χ3n) is 19.1. The van der Waals surface area contributed by atoms with Crippen LogP contribution in [-0.4, -0.2) is 17.0 Å². The van der Waals surface area contributed by atoms with Crippen LogP contribution in [0.2, 0.25) is 0 Å². The summed E-state index contributed by atoms with van der Waals surface area (Å²) in [5.74, 6) is 0. The molecule has 6 aliphatic rings. The minimum atomic E-state index is -0.175. The topological polar surface area (TPSA) is 11.4 Å². The molecule has 2 atom stereocenters. The molecule has 1 saturated carbocycles. The third kappa shape index (κ3) is 4.85. The van der Waals surface area contributed by atoms with Crippen molar-refractivity contribution < 1.29 is 0 Å². The van der Waals surface area contributed by atoms with Gasteiger partial charge in [0.15, 0.2) is 0 Å². The van der Waals surface area contributed by atoms with Crippen LogP contribution in [0.5, 0.6) is 0 Å². The van der Waals surface area contributed by atoms with E-state index < -0.39 is 0 Å². The van der Waals surface area contributed by atoms with Crippen LogP contribution >= 0.6 is 0 Å². The first kappa shape index (κ1) is 40.1. The second kappa shape index (κ2) is 12.8. The Hall–Kier alpha value is -6.00. The summed E-state index contributed by atoms with van der Waals surface area (Å²) in [5.41, 5.74) is 27.7. The number of aryl methyl sites for hydroxylation is 2. The van der Waals surface area contributed by atoms with E-state index in [2.05, 4.69) is 205 Å². The van der Waals surface area contributed by atoms with Crippen LogP contribution in [-0.2, 0) is 21.7 Å². The fraction of sp³-hybridized carbons (Fsp3) is 0.333. The molecule has 4 heteroatoms. The number of nitrogens with zero attached hydrogens (tertiary/aromatic N) is 3. The van der Waals surface area contributed by atoms with Crippen molar-refractivity contribution in [1.82, 2.24) is 4.57 Å². The average molecular weight is 872 g/mol. The van der Waals surface area contributed by atoms with E-state index >= 15 is 0 Å². The summed E-state index contributed by atoms with van der Waals surface area (Å²) >= 11 is 0. The van der Waals surface area contributed by atoms with Crippen molar-refractivity contribution >= 4 is 62.3 Å². The zero-order valence-corrected chi connectivity index (χ0v) is 41.2. The molecule has 332 valence electrons. The summed E-state index contributed by atoms with van der Waals surface area (Å²) in [7, 11) is 0. The zero-order valence-electron chi connectivity index (χ0n) is 41.2. The summed E-state index contributed by atoms with van der Waals surface area (Å²) in [6, 6.07) is 48.7. The molecule has 3 aliphatic carbocycles.